The van der Waals surface area contributed by atoms with Crippen LogP contribution in [0.1, 0.15) is 24.2 Å². The molecule has 2 aromatic carbocycles. The van der Waals surface area contributed by atoms with E-state index in [-0.39, 0.29) is 6.04 Å². The molecule has 0 amide bonds. The lowest BCUT2D eigenvalue weighted by Crippen LogP contribution is -2.32. The lowest BCUT2D eigenvalue weighted by molar-refractivity contribution is 0.170. The summed E-state index contributed by atoms with van der Waals surface area (Å²) in [5.74, 6) is 0.862. The molecule has 3 nitrogen and oxygen atoms in total. The number of nitrogens with one attached hydrogen (secondary N) is 1. The third-order valence-corrected chi connectivity index (χ3v) is 3.83. The van der Waals surface area contributed by atoms with Crippen molar-refractivity contribution in [3.8, 4) is 5.75 Å². The molecule has 0 aliphatic heterocycles. The van der Waals surface area contributed by atoms with Crippen molar-refractivity contribution in [3.63, 3.8) is 0 Å². The topological polar surface area (TPSA) is 41.5 Å². The van der Waals surface area contributed by atoms with E-state index in [1.807, 2.05) is 24.3 Å². The predicted molar refractivity (Wildman–Crippen MR) is 90.6 cm³/mol. The molecule has 0 aliphatic rings. The highest BCUT2D eigenvalue weighted by Crippen LogP contribution is 2.17. The molecule has 22 heavy (non-hydrogen) atoms. The molecule has 0 spiro atoms. The summed E-state index contributed by atoms with van der Waals surface area (Å²) in [6, 6.07) is 15.6. The summed E-state index contributed by atoms with van der Waals surface area (Å²) in [6.45, 7) is 2.60. The minimum absolute atomic E-state index is 0.266. The number of methoxy groups -OCH3 is 1. The van der Waals surface area contributed by atoms with Crippen LogP contribution in [0.4, 0.5) is 0 Å². The predicted octanol–water partition coefficient (Wildman–Crippen LogP) is 3.60. The molecule has 0 radical (unpaired) electrons. The van der Waals surface area contributed by atoms with Crippen LogP contribution in [0.15, 0.2) is 48.5 Å². The SMILES string of the molecule is COc1ccc(CC(C)NC[C@H](O)c2cccc(Cl)c2)cc1. The second-order valence-electron chi connectivity index (χ2n) is 5.43. The molecule has 0 heterocycles. The standard InChI is InChI=1S/C18H22ClNO2/c1-13(10-14-6-8-17(22-2)9-7-14)20-12-18(21)15-4-3-5-16(19)11-15/h3-9,11,13,18,20-21H,10,12H2,1-2H3/t13?,18-/m0/s1. The molecule has 0 saturated heterocycles. The van der Waals surface area contributed by atoms with Crippen LogP contribution in [0.3, 0.4) is 0 Å². The molecular formula is C18H22ClNO2. The number of hydrogen-bond acceptors (Lipinski definition) is 3. The first-order valence-electron chi connectivity index (χ1n) is 7.38. The molecule has 4 heteroatoms. The molecule has 0 bridgehead atoms. The van der Waals surface area contributed by atoms with Crippen LogP contribution in [-0.2, 0) is 6.42 Å². The maximum Gasteiger partial charge on any atom is 0.118 e. The lowest BCUT2D eigenvalue weighted by atomic mass is 10.1. The minimum atomic E-state index is -0.558. The van der Waals surface area contributed by atoms with Gasteiger partial charge in [0.1, 0.15) is 5.75 Å². The molecule has 0 aromatic heterocycles. The van der Waals surface area contributed by atoms with Gasteiger partial charge in [0, 0.05) is 17.6 Å². The Morgan fingerprint density at radius 2 is 1.91 bits per heavy atom. The van der Waals surface area contributed by atoms with Gasteiger partial charge in [0.2, 0.25) is 0 Å². The van der Waals surface area contributed by atoms with Gasteiger partial charge in [-0.3, -0.25) is 0 Å². The van der Waals surface area contributed by atoms with Gasteiger partial charge in [-0.25, -0.2) is 0 Å². The summed E-state index contributed by atoms with van der Waals surface area (Å²) in [7, 11) is 1.66. The molecule has 118 valence electrons. The van der Waals surface area contributed by atoms with E-state index in [4.69, 9.17) is 16.3 Å². The summed E-state index contributed by atoms with van der Waals surface area (Å²) < 4.78 is 5.15. The Morgan fingerprint density at radius 1 is 1.18 bits per heavy atom. The number of ether oxygens (including phenoxy) is 1. The molecule has 0 fully saturated rings. The van der Waals surface area contributed by atoms with Crippen molar-refractivity contribution < 1.29 is 9.84 Å². The Balaban J connectivity index is 1.82. The summed E-state index contributed by atoms with van der Waals surface area (Å²) in [6.07, 6.45) is 0.337. The number of benzene rings is 2. The highest BCUT2D eigenvalue weighted by molar-refractivity contribution is 6.30. The first kappa shape index (κ1) is 16.8. The van der Waals surface area contributed by atoms with Crippen molar-refractivity contribution in [2.45, 2.75) is 25.5 Å². The van der Waals surface area contributed by atoms with Gasteiger partial charge in [-0.1, -0.05) is 35.9 Å². The Bertz CT molecular complexity index is 586. The zero-order chi connectivity index (χ0) is 15.9. The Labute approximate surface area is 136 Å². The summed E-state index contributed by atoms with van der Waals surface area (Å²) in [5.41, 5.74) is 2.06. The molecule has 1 unspecified atom stereocenters. The lowest BCUT2D eigenvalue weighted by Gasteiger charge is -2.18. The van der Waals surface area contributed by atoms with Crippen molar-refractivity contribution in [3.05, 3.63) is 64.7 Å². The van der Waals surface area contributed by atoms with E-state index in [2.05, 4.69) is 24.4 Å². The monoisotopic (exact) mass is 319 g/mol. The van der Waals surface area contributed by atoms with E-state index in [1.54, 1.807) is 19.2 Å². The van der Waals surface area contributed by atoms with Gasteiger partial charge in [-0.05, 0) is 48.7 Å². The van der Waals surface area contributed by atoms with Crippen LogP contribution in [0, 0.1) is 0 Å². The smallest absolute Gasteiger partial charge is 0.118 e. The maximum atomic E-state index is 10.2. The molecule has 2 N–H and O–H groups in total. The van der Waals surface area contributed by atoms with Gasteiger partial charge < -0.3 is 15.2 Å². The van der Waals surface area contributed by atoms with Gasteiger partial charge in [-0.2, -0.15) is 0 Å². The first-order valence-corrected chi connectivity index (χ1v) is 7.76. The molecule has 2 aromatic rings. The van der Waals surface area contributed by atoms with Crippen LogP contribution in [0.2, 0.25) is 5.02 Å². The van der Waals surface area contributed by atoms with Crippen LogP contribution in [0.5, 0.6) is 5.75 Å². The third-order valence-electron chi connectivity index (χ3n) is 3.59. The average molecular weight is 320 g/mol. The van der Waals surface area contributed by atoms with E-state index in [9.17, 15) is 5.11 Å². The van der Waals surface area contributed by atoms with Gasteiger partial charge in [0.25, 0.3) is 0 Å². The van der Waals surface area contributed by atoms with Crippen LogP contribution in [-0.4, -0.2) is 24.8 Å². The normalized spacial score (nSPS) is 13.6. The van der Waals surface area contributed by atoms with Gasteiger partial charge in [0.15, 0.2) is 0 Å². The van der Waals surface area contributed by atoms with Crippen LogP contribution < -0.4 is 10.1 Å². The van der Waals surface area contributed by atoms with Gasteiger partial charge in [-0.15, -0.1) is 0 Å². The van der Waals surface area contributed by atoms with Crippen LogP contribution in [0.25, 0.3) is 0 Å². The summed E-state index contributed by atoms with van der Waals surface area (Å²) >= 11 is 5.94. The quantitative estimate of drug-likeness (QED) is 0.819. The molecular weight excluding hydrogens is 298 g/mol. The summed E-state index contributed by atoms with van der Waals surface area (Å²) in [5, 5.41) is 14.2. The molecule has 0 aliphatic carbocycles. The number of aliphatic hydroxyl groups is 1. The van der Waals surface area contributed by atoms with E-state index < -0.39 is 6.10 Å². The average Bonchev–Trinajstić information content (AvgIpc) is 2.53. The third kappa shape index (κ3) is 5.02. The van der Waals surface area contributed by atoms with E-state index in [1.165, 1.54) is 5.56 Å². The van der Waals surface area contributed by atoms with E-state index >= 15 is 0 Å². The molecule has 2 atom stereocenters. The van der Waals surface area contributed by atoms with Crippen LogP contribution >= 0.6 is 11.6 Å². The second kappa shape index (κ2) is 8.18. The first-order chi connectivity index (χ1) is 10.6. The maximum absolute atomic E-state index is 10.2. The fourth-order valence-corrected chi connectivity index (χ4v) is 2.53. The Hall–Kier alpha value is -1.55. The fraction of sp³-hybridized carbons (Fsp3) is 0.333. The van der Waals surface area contributed by atoms with E-state index in [0.717, 1.165) is 17.7 Å². The Morgan fingerprint density at radius 3 is 2.55 bits per heavy atom. The molecule has 2 rings (SSSR count). The van der Waals surface area contributed by atoms with Gasteiger partial charge in [0.05, 0.1) is 13.2 Å². The highest BCUT2D eigenvalue weighted by atomic mass is 35.5. The van der Waals surface area contributed by atoms with Crippen molar-refractivity contribution in [1.82, 2.24) is 5.32 Å². The fourth-order valence-electron chi connectivity index (χ4n) is 2.33. The Kier molecular flexibility index (Phi) is 6.25. The zero-order valence-electron chi connectivity index (χ0n) is 12.9. The van der Waals surface area contributed by atoms with Crippen molar-refractivity contribution in [2.75, 3.05) is 13.7 Å². The largest absolute Gasteiger partial charge is 0.497 e. The van der Waals surface area contributed by atoms with Crippen molar-refractivity contribution in [1.29, 1.82) is 0 Å². The number of rotatable bonds is 7. The number of hydrogen-bond donors (Lipinski definition) is 2. The van der Waals surface area contributed by atoms with E-state index in [0.29, 0.717) is 11.6 Å². The van der Waals surface area contributed by atoms with Gasteiger partial charge >= 0.3 is 0 Å². The summed E-state index contributed by atoms with van der Waals surface area (Å²) in [4.78, 5) is 0. The highest BCUT2D eigenvalue weighted by Gasteiger charge is 2.10. The number of halogens is 1. The second-order valence-corrected chi connectivity index (χ2v) is 5.87. The zero-order valence-corrected chi connectivity index (χ0v) is 13.7. The van der Waals surface area contributed by atoms with Crippen molar-refractivity contribution in [2.24, 2.45) is 0 Å². The number of aliphatic hydroxyl groups excluding tert-OH is 1. The van der Waals surface area contributed by atoms with Crippen molar-refractivity contribution >= 4 is 11.6 Å². The minimum Gasteiger partial charge on any atom is -0.497 e. The molecule has 0 saturated carbocycles.